The first-order chi connectivity index (χ1) is 17.6. The molecule has 0 bridgehead atoms. The number of nitrogens with two attached hydrogens (primary N) is 1. The van der Waals surface area contributed by atoms with Crippen molar-refractivity contribution in [3.8, 4) is 17.0 Å². The van der Waals surface area contributed by atoms with Crippen LogP contribution < -0.4 is 15.8 Å². The average Bonchev–Trinajstić information content (AvgIpc) is 3.40. The van der Waals surface area contributed by atoms with Crippen LogP contribution in [-0.4, -0.2) is 29.0 Å². The number of ether oxygens (including phenoxy) is 1. The van der Waals surface area contributed by atoms with E-state index in [4.69, 9.17) is 10.5 Å². The Morgan fingerprint density at radius 3 is 2.25 bits per heavy atom. The van der Waals surface area contributed by atoms with Crippen molar-refractivity contribution in [3.63, 3.8) is 0 Å². The third kappa shape index (κ3) is 4.44. The molecule has 5 aromatic rings. The number of benzene rings is 3. The second-order valence-electron chi connectivity index (χ2n) is 8.46. The van der Waals surface area contributed by atoms with Crippen LogP contribution in [0.2, 0.25) is 0 Å². The van der Waals surface area contributed by atoms with Gasteiger partial charge in [0.05, 0.1) is 13.2 Å². The normalized spacial score (nSPS) is 12.0. The predicted molar refractivity (Wildman–Crippen MR) is 139 cm³/mol. The molecule has 0 saturated carbocycles. The highest BCUT2D eigenvalue weighted by atomic mass is 19.1. The van der Waals surface area contributed by atoms with Crippen LogP contribution in [0.5, 0.6) is 5.88 Å². The maximum Gasteiger partial charge on any atom is 0.242 e. The Kier molecular flexibility index (Phi) is 6.47. The van der Waals surface area contributed by atoms with E-state index in [1.54, 1.807) is 24.5 Å². The SMILES string of the molecule is COc1ncc(-c2ccc(NC(=O)C(N)C(c3ccccc3)c3ccccc3)cc2F)c2cc[nH]c12. The number of pyridine rings is 1. The lowest BCUT2D eigenvalue weighted by molar-refractivity contribution is -0.117. The van der Waals surface area contributed by atoms with E-state index in [0.29, 0.717) is 28.2 Å². The van der Waals surface area contributed by atoms with Crippen LogP contribution in [0.4, 0.5) is 10.1 Å². The zero-order valence-electron chi connectivity index (χ0n) is 19.6. The van der Waals surface area contributed by atoms with Crippen LogP contribution in [0, 0.1) is 5.82 Å². The number of rotatable bonds is 7. The monoisotopic (exact) mass is 480 g/mol. The second-order valence-corrected chi connectivity index (χ2v) is 8.46. The Labute approximate surface area is 208 Å². The van der Waals surface area contributed by atoms with Gasteiger partial charge < -0.3 is 20.8 Å². The second kappa shape index (κ2) is 10.0. The number of aromatic nitrogens is 2. The number of anilines is 1. The lowest BCUT2D eigenvalue weighted by Gasteiger charge is -2.24. The van der Waals surface area contributed by atoms with Gasteiger partial charge in [-0.05, 0) is 35.4 Å². The Balaban J connectivity index is 1.41. The van der Waals surface area contributed by atoms with E-state index in [9.17, 15) is 4.79 Å². The summed E-state index contributed by atoms with van der Waals surface area (Å²) < 4.78 is 20.5. The molecular weight excluding hydrogens is 455 g/mol. The van der Waals surface area contributed by atoms with E-state index in [2.05, 4.69) is 15.3 Å². The van der Waals surface area contributed by atoms with Crippen LogP contribution in [0.3, 0.4) is 0 Å². The number of H-pyrrole nitrogens is 1. The van der Waals surface area contributed by atoms with Crippen molar-refractivity contribution in [2.45, 2.75) is 12.0 Å². The minimum Gasteiger partial charge on any atom is -0.479 e. The largest absolute Gasteiger partial charge is 0.479 e. The van der Waals surface area contributed by atoms with Crippen molar-refractivity contribution in [1.29, 1.82) is 0 Å². The summed E-state index contributed by atoms with van der Waals surface area (Å²) in [6.45, 7) is 0. The molecule has 5 rings (SSSR count). The molecule has 0 saturated heterocycles. The average molecular weight is 481 g/mol. The first-order valence-electron chi connectivity index (χ1n) is 11.5. The van der Waals surface area contributed by atoms with E-state index in [1.165, 1.54) is 13.2 Å². The maximum absolute atomic E-state index is 15.2. The van der Waals surface area contributed by atoms with Crippen molar-refractivity contribution < 1.29 is 13.9 Å². The number of hydrogen-bond acceptors (Lipinski definition) is 4. The van der Waals surface area contributed by atoms with Crippen LogP contribution in [0.25, 0.3) is 22.0 Å². The van der Waals surface area contributed by atoms with Gasteiger partial charge in [0.1, 0.15) is 11.3 Å². The van der Waals surface area contributed by atoms with Crippen LogP contribution in [-0.2, 0) is 4.79 Å². The Hall–Kier alpha value is -4.49. The molecule has 2 aromatic heterocycles. The smallest absolute Gasteiger partial charge is 0.242 e. The van der Waals surface area contributed by atoms with Gasteiger partial charge in [-0.3, -0.25) is 4.79 Å². The first kappa shape index (κ1) is 23.3. The zero-order valence-corrected chi connectivity index (χ0v) is 19.6. The molecule has 3 aromatic carbocycles. The maximum atomic E-state index is 15.2. The highest BCUT2D eigenvalue weighted by Gasteiger charge is 2.28. The topological polar surface area (TPSA) is 93.0 Å². The number of nitrogens with zero attached hydrogens (tertiary/aromatic N) is 1. The van der Waals surface area contributed by atoms with E-state index in [-0.39, 0.29) is 5.92 Å². The molecule has 7 heteroatoms. The van der Waals surface area contributed by atoms with Gasteiger partial charge in [-0.2, -0.15) is 0 Å². The number of hydrogen-bond donors (Lipinski definition) is 3. The van der Waals surface area contributed by atoms with E-state index in [0.717, 1.165) is 16.5 Å². The summed E-state index contributed by atoms with van der Waals surface area (Å²) in [5.41, 5.74) is 10.3. The summed E-state index contributed by atoms with van der Waals surface area (Å²) in [6.07, 6.45) is 3.33. The van der Waals surface area contributed by atoms with E-state index in [1.807, 2.05) is 66.7 Å². The number of nitrogens with one attached hydrogen (secondary N) is 2. The van der Waals surface area contributed by atoms with Crippen molar-refractivity contribution in [3.05, 3.63) is 114 Å². The highest BCUT2D eigenvalue weighted by Crippen LogP contribution is 2.34. The summed E-state index contributed by atoms with van der Waals surface area (Å²) in [6, 6.07) is 24.8. The van der Waals surface area contributed by atoms with Gasteiger partial charge in [0.2, 0.25) is 11.8 Å². The molecule has 6 nitrogen and oxygen atoms in total. The molecule has 0 fully saturated rings. The first-order valence-corrected chi connectivity index (χ1v) is 11.5. The number of amides is 1. The van der Waals surface area contributed by atoms with Crippen LogP contribution in [0.15, 0.2) is 97.3 Å². The standard InChI is InChI=1S/C29H25FN4O2/c1-36-29-27-22(14-15-32-27)23(17-33-29)21-13-12-20(16-24(21)30)34-28(35)26(31)25(18-8-4-2-5-9-18)19-10-6-3-7-11-19/h2-17,25-26,32H,31H2,1H3,(H,34,35). The summed E-state index contributed by atoms with van der Waals surface area (Å²) in [5, 5.41) is 3.57. The summed E-state index contributed by atoms with van der Waals surface area (Å²) in [4.78, 5) is 20.5. The quantitative estimate of drug-likeness (QED) is 0.288. The van der Waals surface area contributed by atoms with E-state index >= 15 is 4.39 Å². The molecule has 180 valence electrons. The molecular formula is C29H25FN4O2. The molecule has 0 aliphatic rings. The number of carbonyl (C=O) groups excluding carboxylic acids is 1. The molecule has 1 amide bonds. The van der Waals surface area contributed by atoms with Crippen LogP contribution >= 0.6 is 0 Å². The summed E-state index contributed by atoms with van der Waals surface area (Å²) >= 11 is 0. The molecule has 1 atom stereocenters. The number of fused-ring (bicyclic) bond motifs is 1. The minimum atomic E-state index is -0.886. The number of carbonyl (C=O) groups is 1. The zero-order chi connectivity index (χ0) is 25.1. The molecule has 0 radical (unpaired) electrons. The third-order valence-electron chi connectivity index (χ3n) is 6.26. The fourth-order valence-electron chi connectivity index (χ4n) is 4.51. The predicted octanol–water partition coefficient (Wildman–Crippen LogP) is 5.48. The Morgan fingerprint density at radius 1 is 0.972 bits per heavy atom. The fraction of sp³-hybridized carbons (Fsp3) is 0.103. The lowest BCUT2D eigenvalue weighted by atomic mass is 9.85. The number of methoxy groups -OCH3 is 1. The number of aromatic amines is 1. The molecule has 2 heterocycles. The van der Waals surface area contributed by atoms with Gasteiger partial charge in [-0.1, -0.05) is 60.7 Å². The minimum absolute atomic E-state index is 0.323. The van der Waals surface area contributed by atoms with Gasteiger partial charge in [0.15, 0.2) is 0 Å². The fourth-order valence-corrected chi connectivity index (χ4v) is 4.51. The third-order valence-corrected chi connectivity index (χ3v) is 6.26. The molecule has 36 heavy (non-hydrogen) atoms. The van der Waals surface area contributed by atoms with Gasteiger partial charge in [-0.25, -0.2) is 9.37 Å². The highest BCUT2D eigenvalue weighted by molar-refractivity contribution is 5.98. The Morgan fingerprint density at radius 2 is 1.64 bits per heavy atom. The number of halogens is 1. The molecule has 0 spiro atoms. The molecule has 1 unspecified atom stereocenters. The van der Waals surface area contributed by atoms with Crippen molar-refractivity contribution in [2.24, 2.45) is 5.73 Å². The van der Waals surface area contributed by atoms with Crippen molar-refractivity contribution >= 4 is 22.5 Å². The van der Waals surface area contributed by atoms with E-state index < -0.39 is 17.8 Å². The van der Waals surface area contributed by atoms with Gasteiger partial charge in [0.25, 0.3) is 0 Å². The van der Waals surface area contributed by atoms with Crippen LogP contribution in [0.1, 0.15) is 17.0 Å². The Bertz CT molecular complexity index is 1460. The molecule has 0 aliphatic heterocycles. The lowest BCUT2D eigenvalue weighted by Crippen LogP contribution is -2.41. The van der Waals surface area contributed by atoms with Crippen molar-refractivity contribution in [2.75, 3.05) is 12.4 Å². The molecule has 4 N–H and O–H groups in total. The molecule has 0 aliphatic carbocycles. The summed E-state index contributed by atoms with van der Waals surface area (Å²) in [7, 11) is 1.53. The van der Waals surface area contributed by atoms with Gasteiger partial charge >= 0.3 is 0 Å². The van der Waals surface area contributed by atoms with Gasteiger partial charge in [0, 0.05) is 40.5 Å². The van der Waals surface area contributed by atoms with Crippen molar-refractivity contribution in [1.82, 2.24) is 9.97 Å². The summed E-state index contributed by atoms with van der Waals surface area (Å²) in [5.74, 6) is -0.815. The van der Waals surface area contributed by atoms with Gasteiger partial charge in [-0.15, -0.1) is 0 Å².